The van der Waals surface area contributed by atoms with Crippen molar-refractivity contribution in [1.29, 1.82) is 0 Å². The van der Waals surface area contributed by atoms with E-state index in [1.54, 1.807) is 4.90 Å². The van der Waals surface area contributed by atoms with Crippen molar-refractivity contribution in [1.82, 2.24) is 9.80 Å². The van der Waals surface area contributed by atoms with Crippen LogP contribution >= 0.6 is 0 Å². The topological polar surface area (TPSA) is 74.8 Å². The van der Waals surface area contributed by atoms with Crippen LogP contribution in [0.3, 0.4) is 0 Å². The first-order chi connectivity index (χ1) is 11.3. The second-order valence-electron chi connectivity index (χ2n) is 7.70. The molecule has 2 heterocycles. The summed E-state index contributed by atoms with van der Waals surface area (Å²) in [6.45, 7) is 5.99. The Hall–Kier alpha value is -1.11. The van der Waals surface area contributed by atoms with E-state index in [9.17, 15) is 18.0 Å². The highest BCUT2D eigenvalue weighted by molar-refractivity contribution is 7.91. The van der Waals surface area contributed by atoms with Gasteiger partial charge in [-0.2, -0.15) is 0 Å². The summed E-state index contributed by atoms with van der Waals surface area (Å²) in [4.78, 5) is 29.5. The molecular weight excluding hydrogens is 328 g/mol. The molecule has 0 spiro atoms. The molecule has 7 heteroatoms. The molecule has 3 rings (SSSR count). The number of likely N-dealkylation sites (tertiary alicyclic amines) is 1. The van der Waals surface area contributed by atoms with Gasteiger partial charge in [-0.15, -0.1) is 0 Å². The number of carbonyl (C=O) groups excluding carboxylic acids is 2. The smallest absolute Gasteiger partial charge is 0.238 e. The van der Waals surface area contributed by atoms with Gasteiger partial charge in [0, 0.05) is 25.7 Å². The zero-order valence-corrected chi connectivity index (χ0v) is 15.5. The largest absolute Gasteiger partial charge is 0.342 e. The summed E-state index contributed by atoms with van der Waals surface area (Å²) in [5.74, 6) is 0.648. The second kappa shape index (κ2) is 6.32. The van der Waals surface area contributed by atoms with Gasteiger partial charge in [0.1, 0.15) is 5.41 Å². The van der Waals surface area contributed by atoms with Crippen LogP contribution in [0.2, 0.25) is 0 Å². The van der Waals surface area contributed by atoms with Crippen molar-refractivity contribution in [3.05, 3.63) is 0 Å². The number of hydrogen-bond donors (Lipinski definition) is 0. The van der Waals surface area contributed by atoms with Gasteiger partial charge in [0.25, 0.3) is 0 Å². The van der Waals surface area contributed by atoms with E-state index in [0.29, 0.717) is 31.7 Å². The third kappa shape index (κ3) is 3.19. The lowest BCUT2D eigenvalue weighted by molar-refractivity contribution is -0.151. The van der Waals surface area contributed by atoms with Gasteiger partial charge in [-0.05, 0) is 44.9 Å². The van der Waals surface area contributed by atoms with E-state index in [1.165, 1.54) is 0 Å². The van der Waals surface area contributed by atoms with E-state index in [0.717, 1.165) is 25.9 Å². The minimum atomic E-state index is -3.05. The summed E-state index contributed by atoms with van der Waals surface area (Å²) in [6.07, 6.45) is 3.69. The molecular formula is C17H28N2O4S. The molecule has 0 aromatic heterocycles. The summed E-state index contributed by atoms with van der Waals surface area (Å²) in [5.41, 5.74) is -0.900. The van der Waals surface area contributed by atoms with Crippen LogP contribution in [-0.4, -0.2) is 67.2 Å². The highest BCUT2D eigenvalue weighted by atomic mass is 32.2. The molecule has 136 valence electrons. The second-order valence-corrected chi connectivity index (χ2v) is 9.93. The molecule has 2 aliphatic heterocycles. The molecule has 1 unspecified atom stereocenters. The third-order valence-electron chi connectivity index (χ3n) is 5.89. The van der Waals surface area contributed by atoms with Crippen molar-refractivity contribution in [3.63, 3.8) is 0 Å². The number of hydrogen-bond acceptors (Lipinski definition) is 4. The summed E-state index contributed by atoms with van der Waals surface area (Å²) < 4.78 is 23.5. The minimum absolute atomic E-state index is 0.0290. The maximum Gasteiger partial charge on any atom is 0.238 e. The van der Waals surface area contributed by atoms with Crippen LogP contribution < -0.4 is 0 Å². The van der Waals surface area contributed by atoms with Crippen LogP contribution in [0.15, 0.2) is 0 Å². The average Bonchev–Trinajstić information content (AvgIpc) is 3.28. The Morgan fingerprint density at radius 1 is 1.17 bits per heavy atom. The summed E-state index contributed by atoms with van der Waals surface area (Å²) >= 11 is 0. The lowest BCUT2D eigenvalue weighted by Crippen LogP contribution is -2.51. The van der Waals surface area contributed by atoms with Gasteiger partial charge in [0.15, 0.2) is 9.84 Å². The van der Waals surface area contributed by atoms with Gasteiger partial charge in [0.2, 0.25) is 11.8 Å². The molecule has 1 saturated carbocycles. The van der Waals surface area contributed by atoms with Gasteiger partial charge in [-0.25, -0.2) is 8.42 Å². The van der Waals surface area contributed by atoms with E-state index < -0.39 is 15.3 Å². The van der Waals surface area contributed by atoms with Crippen molar-refractivity contribution in [3.8, 4) is 0 Å². The normalized spacial score (nSPS) is 28.6. The Kier molecular flexibility index (Phi) is 4.66. The lowest BCUT2D eigenvalue weighted by atomic mass is 9.95. The number of rotatable bonds is 4. The van der Waals surface area contributed by atoms with Crippen molar-refractivity contribution < 1.29 is 18.0 Å². The third-order valence-corrected chi connectivity index (χ3v) is 7.64. The molecule has 1 aliphatic carbocycles. The van der Waals surface area contributed by atoms with Crippen molar-refractivity contribution in [2.75, 3.05) is 31.1 Å². The number of carbonyl (C=O) groups is 2. The van der Waals surface area contributed by atoms with Gasteiger partial charge in [0.05, 0.1) is 11.5 Å². The van der Waals surface area contributed by atoms with Gasteiger partial charge < -0.3 is 9.80 Å². The zero-order valence-electron chi connectivity index (χ0n) is 14.7. The molecule has 0 aromatic rings. The summed E-state index contributed by atoms with van der Waals surface area (Å²) in [7, 11) is -3.05. The van der Waals surface area contributed by atoms with Crippen molar-refractivity contribution in [2.24, 2.45) is 11.3 Å². The van der Waals surface area contributed by atoms with Crippen LogP contribution in [0, 0.1) is 11.3 Å². The molecule has 2 amide bonds. The molecule has 0 aromatic carbocycles. The molecule has 1 atom stereocenters. The standard InChI is InChI=1S/C17H28N2O4S/c1-3-19(14-6-11-24(22,23)12-14)16(21)17(7-8-17)15(20)18-9-4-13(2)5-10-18/h13-14H,3-12H2,1-2H3. The van der Waals surface area contributed by atoms with Crippen LogP contribution in [0.4, 0.5) is 0 Å². The lowest BCUT2D eigenvalue weighted by Gasteiger charge is -2.35. The minimum Gasteiger partial charge on any atom is -0.342 e. The maximum atomic E-state index is 13.1. The number of sulfone groups is 1. The Morgan fingerprint density at radius 3 is 2.25 bits per heavy atom. The first-order valence-corrected chi connectivity index (χ1v) is 10.9. The molecule has 3 fully saturated rings. The fraction of sp³-hybridized carbons (Fsp3) is 0.882. The monoisotopic (exact) mass is 356 g/mol. The summed E-state index contributed by atoms with van der Waals surface area (Å²) in [5, 5.41) is 0. The summed E-state index contributed by atoms with van der Waals surface area (Å²) in [6, 6.07) is -0.265. The molecule has 6 nitrogen and oxygen atoms in total. The molecule has 0 radical (unpaired) electrons. The van der Waals surface area contributed by atoms with Gasteiger partial charge in [-0.3, -0.25) is 9.59 Å². The fourth-order valence-corrected chi connectivity index (χ4v) is 5.75. The molecule has 2 saturated heterocycles. The molecule has 0 bridgehead atoms. The zero-order chi connectivity index (χ0) is 17.5. The maximum absolute atomic E-state index is 13.1. The predicted molar refractivity (Wildman–Crippen MR) is 91.1 cm³/mol. The highest BCUT2D eigenvalue weighted by Gasteiger charge is 2.60. The van der Waals surface area contributed by atoms with Crippen molar-refractivity contribution >= 4 is 21.7 Å². The Balaban J connectivity index is 1.71. The van der Waals surface area contributed by atoms with E-state index >= 15 is 0 Å². The van der Waals surface area contributed by atoms with E-state index in [1.807, 2.05) is 11.8 Å². The number of piperidine rings is 1. The molecule has 24 heavy (non-hydrogen) atoms. The number of nitrogens with zero attached hydrogens (tertiary/aromatic N) is 2. The Morgan fingerprint density at radius 2 is 1.79 bits per heavy atom. The Bertz CT molecular complexity index is 619. The SMILES string of the molecule is CCN(C(=O)C1(C(=O)N2CCC(C)CC2)CC1)C1CCS(=O)(=O)C1. The van der Waals surface area contributed by atoms with Gasteiger partial charge >= 0.3 is 0 Å². The average molecular weight is 356 g/mol. The molecule has 0 N–H and O–H groups in total. The fourth-order valence-electron chi connectivity index (χ4n) is 4.02. The van der Waals surface area contributed by atoms with Crippen LogP contribution in [0.5, 0.6) is 0 Å². The van der Waals surface area contributed by atoms with Crippen LogP contribution in [-0.2, 0) is 19.4 Å². The first-order valence-electron chi connectivity index (χ1n) is 9.10. The highest BCUT2D eigenvalue weighted by Crippen LogP contribution is 2.49. The Labute approximate surface area is 144 Å². The quantitative estimate of drug-likeness (QED) is 0.706. The number of amides is 2. The van der Waals surface area contributed by atoms with E-state index in [2.05, 4.69) is 6.92 Å². The predicted octanol–water partition coefficient (Wildman–Crippen LogP) is 1.06. The van der Waals surface area contributed by atoms with Gasteiger partial charge in [-0.1, -0.05) is 6.92 Å². The first kappa shape index (κ1) is 17.7. The molecule has 3 aliphatic rings. The van der Waals surface area contributed by atoms with E-state index in [4.69, 9.17) is 0 Å². The van der Waals surface area contributed by atoms with Crippen molar-refractivity contribution in [2.45, 2.75) is 52.0 Å². The van der Waals surface area contributed by atoms with Crippen LogP contribution in [0.1, 0.15) is 46.0 Å². The van der Waals surface area contributed by atoms with Crippen LogP contribution in [0.25, 0.3) is 0 Å². The van der Waals surface area contributed by atoms with E-state index in [-0.39, 0.29) is 29.4 Å².